The fourth-order valence-corrected chi connectivity index (χ4v) is 1.66. The number of hydrogen-bond donors (Lipinski definition) is 2. The smallest absolute Gasteiger partial charge is 0.306 e. The number of aliphatic hydroxyl groups is 1. The number of aliphatic hydroxyl groups excluding tert-OH is 1. The molecule has 2 unspecified atom stereocenters. The van der Waals surface area contributed by atoms with Gasteiger partial charge in [0, 0.05) is 11.6 Å². The van der Waals surface area contributed by atoms with Gasteiger partial charge in [0.1, 0.15) is 11.5 Å². The minimum atomic E-state index is -0.929. The molecule has 0 aliphatic heterocycles. The summed E-state index contributed by atoms with van der Waals surface area (Å²) in [5.41, 5.74) is 0.561. The molecular formula is C13H18O5. The summed E-state index contributed by atoms with van der Waals surface area (Å²) in [5, 5.41) is 18.9. The highest BCUT2D eigenvalue weighted by molar-refractivity contribution is 5.69. The molecule has 100 valence electrons. The van der Waals surface area contributed by atoms with Gasteiger partial charge in [-0.15, -0.1) is 0 Å². The maximum atomic E-state index is 10.8. The predicted octanol–water partition coefficient (Wildman–Crippen LogP) is 1.85. The lowest BCUT2D eigenvalue weighted by Gasteiger charge is -2.17. The van der Waals surface area contributed by atoms with Gasteiger partial charge >= 0.3 is 5.97 Å². The van der Waals surface area contributed by atoms with Gasteiger partial charge in [-0.25, -0.2) is 0 Å². The number of carbonyl (C=O) groups is 1. The van der Waals surface area contributed by atoms with Crippen LogP contribution >= 0.6 is 0 Å². The zero-order chi connectivity index (χ0) is 13.7. The molecule has 0 radical (unpaired) electrons. The number of hydrogen-bond acceptors (Lipinski definition) is 4. The normalized spacial score (nSPS) is 13.8. The number of rotatable bonds is 6. The first kappa shape index (κ1) is 14.3. The van der Waals surface area contributed by atoms with Crippen LogP contribution in [0.1, 0.15) is 25.0 Å². The van der Waals surface area contributed by atoms with Crippen molar-refractivity contribution >= 4 is 5.97 Å². The topological polar surface area (TPSA) is 76.0 Å². The zero-order valence-corrected chi connectivity index (χ0v) is 10.7. The molecule has 1 aromatic rings. The standard InChI is InChI=1S/C13H18O5/c1-8(13(15)16)6-11(14)10-5-4-9(17-2)7-12(10)18-3/h4-5,7-8,11,14H,6H2,1-3H3,(H,15,16). The Morgan fingerprint density at radius 1 is 1.33 bits per heavy atom. The zero-order valence-electron chi connectivity index (χ0n) is 10.7. The lowest BCUT2D eigenvalue weighted by Crippen LogP contribution is -2.14. The van der Waals surface area contributed by atoms with Crippen molar-refractivity contribution in [3.8, 4) is 11.5 Å². The van der Waals surface area contributed by atoms with Crippen LogP contribution in [-0.2, 0) is 4.79 Å². The molecule has 18 heavy (non-hydrogen) atoms. The van der Waals surface area contributed by atoms with Crippen molar-refractivity contribution in [2.45, 2.75) is 19.4 Å². The van der Waals surface area contributed by atoms with E-state index in [1.165, 1.54) is 14.2 Å². The number of benzene rings is 1. The van der Waals surface area contributed by atoms with Crippen LogP contribution in [0.5, 0.6) is 11.5 Å². The molecule has 1 rings (SSSR count). The van der Waals surface area contributed by atoms with Gasteiger partial charge in [-0.3, -0.25) is 4.79 Å². The Balaban J connectivity index is 2.91. The summed E-state index contributed by atoms with van der Waals surface area (Å²) in [7, 11) is 3.03. The monoisotopic (exact) mass is 254 g/mol. The minimum Gasteiger partial charge on any atom is -0.497 e. The minimum absolute atomic E-state index is 0.137. The second kappa shape index (κ2) is 6.26. The lowest BCUT2D eigenvalue weighted by atomic mass is 9.97. The fourth-order valence-electron chi connectivity index (χ4n) is 1.66. The van der Waals surface area contributed by atoms with Crippen LogP contribution in [0.2, 0.25) is 0 Å². The first-order valence-corrected chi connectivity index (χ1v) is 5.62. The summed E-state index contributed by atoms with van der Waals surface area (Å²) in [5.74, 6) is -0.443. The van der Waals surface area contributed by atoms with Gasteiger partial charge in [-0.2, -0.15) is 0 Å². The van der Waals surface area contributed by atoms with Gasteiger partial charge in [0.15, 0.2) is 0 Å². The van der Waals surface area contributed by atoms with Crippen LogP contribution in [0.3, 0.4) is 0 Å². The molecule has 0 aliphatic carbocycles. The summed E-state index contributed by atoms with van der Waals surface area (Å²) >= 11 is 0. The predicted molar refractivity (Wildman–Crippen MR) is 65.9 cm³/mol. The molecular weight excluding hydrogens is 236 g/mol. The van der Waals surface area contributed by atoms with Crippen LogP contribution in [0.4, 0.5) is 0 Å². The largest absolute Gasteiger partial charge is 0.497 e. The molecule has 0 aromatic heterocycles. The van der Waals surface area contributed by atoms with Crippen LogP contribution in [0.15, 0.2) is 18.2 Å². The summed E-state index contributed by atoms with van der Waals surface area (Å²) in [6.45, 7) is 1.56. The van der Waals surface area contributed by atoms with Gasteiger partial charge in [0.2, 0.25) is 0 Å². The van der Waals surface area contributed by atoms with Crippen LogP contribution in [0, 0.1) is 5.92 Å². The quantitative estimate of drug-likeness (QED) is 0.810. The summed E-state index contributed by atoms with van der Waals surface area (Å²) in [6, 6.07) is 5.04. The Bertz CT molecular complexity index is 416. The lowest BCUT2D eigenvalue weighted by molar-refractivity contribution is -0.142. The molecule has 0 fully saturated rings. The van der Waals surface area contributed by atoms with E-state index in [0.717, 1.165) is 0 Å². The highest BCUT2D eigenvalue weighted by Crippen LogP contribution is 2.32. The molecule has 2 atom stereocenters. The van der Waals surface area contributed by atoms with E-state index in [2.05, 4.69) is 0 Å². The summed E-state index contributed by atoms with van der Waals surface area (Å²) in [6.07, 6.45) is -0.741. The van der Waals surface area contributed by atoms with E-state index in [-0.39, 0.29) is 6.42 Å². The Morgan fingerprint density at radius 2 is 2.00 bits per heavy atom. The van der Waals surface area contributed by atoms with Gasteiger partial charge in [-0.1, -0.05) is 6.92 Å². The SMILES string of the molecule is COc1ccc(C(O)CC(C)C(=O)O)c(OC)c1. The molecule has 1 aromatic carbocycles. The second-order valence-corrected chi connectivity index (χ2v) is 4.10. The van der Waals surface area contributed by atoms with Crippen molar-refractivity contribution in [2.24, 2.45) is 5.92 Å². The van der Waals surface area contributed by atoms with Crippen molar-refractivity contribution in [1.29, 1.82) is 0 Å². The Morgan fingerprint density at radius 3 is 2.50 bits per heavy atom. The summed E-state index contributed by atoms with van der Waals surface area (Å²) in [4.78, 5) is 10.8. The highest BCUT2D eigenvalue weighted by atomic mass is 16.5. The number of methoxy groups -OCH3 is 2. The molecule has 2 N–H and O–H groups in total. The molecule has 0 saturated carbocycles. The summed E-state index contributed by atoms with van der Waals surface area (Å²) < 4.78 is 10.2. The van der Waals surface area contributed by atoms with E-state index in [4.69, 9.17) is 14.6 Å². The van der Waals surface area contributed by atoms with Crippen LogP contribution < -0.4 is 9.47 Å². The third-order valence-electron chi connectivity index (χ3n) is 2.80. The number of carboxylic acids is 1. The molecule has 0 heterocycles. The van der Waals surface area contributed by atoms with Crippen molar-refractivity contribution in [2.75, 3.05) is 14.2 Å². The van der Waals surface area contributed by atoms with Gasteiger partial charge in [0.25, 0.3) is 0 Å². The van der Waals surface area contributed by atoms with E-state index >= 15 is 0 Å². The molecule has 0 spiro atoms. The van der Waals surface area contributed by atoms with Gasteiger partial charge < -0.3 is 19.7 Å². The van der Waals surface area contributed by atoms with E-state index in [0.29, 0.717) is 17.1 Å². The average molecular weight is 254 g/mol. The number of carboxylic acid groups (broad SMARTS) is 1. The average Bonchev–Trinajstić information content (AvgIpc) is 2.37. The third-order valence-corrected chi connectivity index (χ3v) is 2.80. The fraction of sp³-hybridized carbons (Fsp3) is 0.462. The molecule has 0 amide bonds. The molecule has 0 aliphatic rings. The van der Waals surface area contributed by atoms with Crippen molar-refractivity contribution in [3.05, 3.63) is 23.8 Å². The molecule has 5 nitrogen and oxygen atoms in total. The number of ether oxygens (including phenoxy) is 2. The van der Waals surface area contributed by atoms with E-state index in [1.807, 2.05) is 0 Å². The molecule has 5 heteroatoms. The van der Waals surface area contributed by atoms with Crippen molar-refractivity contribution < 1.29 is 24.5 Å². The van der Waals surface area contributed by atoms with Crippen LogP contribution in [-0.4, -0.2) is 30.4 Å². The Hall–Kier alpha value is -1.75. The van der Waals surface area contributed by atoms with Gasteiger partial charge in [0.05, 0.1) is 26.2 Å². The van der Waals surface area contributed by atoms with E-state index in [1.54, 1.807) is 25.1 Å². The van der Waals surface area contributed by atoms with Crippen molar-refractivity contribution in [1.82, 2.24) is 0 Å². The Kier molecular flexibility index (Phi) is 4.97. The number of aliphatic carboxylic acids is 1. The van der Waals surface area contributed by atoms with E-state index in [9.17, 15) is 9.90 Å². The van der Waals surface area contributed by atoms with E-state index < -0.39 is 18.0 Å². The van der Waals surface area contributed by atoms with Crippen LogP contribution in [0.25, 0.3) is 0 Å². The first-order chi connectivity index (χ1) is 8.49. The maximum absolute atomic E-state index is 10.8. The van der Waals surface area contributed by atoms with Gasteiger partial charge in [-0.05, 0) is 18.6 Å². The second-order valence-electron chi connectivity index (χ2n) is 4.10. The first-order valence-electron chi connectivity index (χ1n) is 5.62. The third kappa shape index (κ3) is 3.37. The Labute approximate surface area is 106 Å². The van der Waals surface area contributed by atoms with Crippen molar-refractivity contribution in [3.63, 3.8) is 0 Å². The molecule has 0 bridgehead atoms. The maximum Gasteiger partial charge on any atom is 0.306 e. The highest BCUT2D eigenvalue weighted by Gasteiger charge is 2.20. The molecule has 0 saturated heterocycles.